The summed E-state index contributed by atoms with van der Waals surface area (Å²) in [5.74, 6) is -0.300. The van der Waals surface area contributed by atoms with E-state index in [-0.39, 0.29) is 5.82 Å². The normalized spacial score (nSPS) is 10.8. The average Bonchev–Trinajstić information content (AvgIpc) is 2.77. The Morgan fingerprint density at radius 3 is 3.06 bits per heavy atom. The molecule has 3 aromatic rings. The van der Waals surface area contributed by atoms with Crippen molar-refractivity contribution in [2.75, 3.05) is 0 Å². The van der Waals surface area contributed by atoms with Crippen molar-refractivity contribution in [3.63, 3.8) is 0 Å². The largest absolute Gasteiger partial charge is 0.306 e. The number of rotatable bonds is 1. The fraction of sp³-hybridized carbons (Fsp3) is 0. The van der Waals surface area contributed by atoms with Crippen LogP contribution in [0.3, 0.4) is 0 Å². The fourth-order valence-corrected chi connectivity index (χ4v) is 1.68. The third kappa shape index (κ3) is 1.27. The van der Waals surface area contributed by atoms with E-state index >= 15 is 0 Å². The van der Waals surface area contributed by atoms with Crippen molar-refractivity contribution < 1.29 is 4.39 Å². The molecule has 0 aliphatic carbocycles. The van der Waals surface area contributed by atoms with Crippen LogP contribution in [0.25, 0.3) is 16.8 Å². The molecule has 1 radical (unpaired) electrons. The summed E-state index contributed by atoms with van der Waals surface area (Å²) in [6, 6.07) is 4.99. The molecule has 3 heterocycles. The smallest absolute Gasteiger partial charge is 0.145 e. The number of fused-ring (bicyclic) bond motifs is 1. The molecule has 0 saturated carbocycles. The topological polar surface area (TPSA) is 30.2 Å². The van der Waals surface area contributed by atoms with E-state index in [0.717, 1.165) is 0 Å². The van der Waals surface area contributed by atoms with Crippen LogP contribution in [0.15, 0.2) is 43.0 Å². The third-order valence-electron chi connectivity index (χ3n) is 2.42. The molecule has 0 aromatic carbocycles. The number of nitrogens with zero attached hydrogens (tertiary/aromatic N) is 3. The fourth-order valence-electron chi connectivity index (χ4n) is 1.68. The Morgan fingerprint density at radius 1 is 1.25 bits per heavy atom. The first kappa shape index (κ1) is 9.03. The Bertz CT molecular complexity index is 645. The maximum absolute atomic E-state index is 13.6. The molecule has 3 rings (SSSR count). The Kier molecular flexibility index (Phi) is 1.93. The van der Waals surface area contributed by atoms with Crippen LogP contribution in [-0.4, -0.2) is 14.4 Å². The van der Waals surface area contributed by atoms with Crippen LogP contribution < -0.4 is 0 Å². The van der Waals surface area contributed by atoms with Gasteiger partial charge in [-0.05, 0) is 18.2 Å². The molecule has 3 nitrogen and oxygen atoms in total. The molecule has 0 aliphatic rings. The Labute approximate surface area is 91.2 Å². The first-order valence-corrected chi connectivity index (χ1v) is 4.80. The van der Waals surface area contributed by atoms with Gasteiger partial charge in [0.25, 0.3) is 0 Å². The minimum Gasteiger partial charge on any atom is -0.306 e. The lowest BCUT2D eigenvalue weighted by Gasteiger charge is -2.04. The summed E-state index contributed by atoms with van der Waals surface area (Å²) in [5.41, 5.74) is 1.84. The van der Waals surface area contributed by atoms with Crippen molar-refractivity contribution in [2.45, 2.75) is 0 Å². The van der Waals surface area contributed by atoms with Gasteiger partial charge in [-0.25, -0.2) is 9.37 Å². The standard InChI is InChI=1S/C12H7FN3/c13-11-3-4-14-8-10(11)9-2-1-6-16-7-5-15-12(9)16/h1-4,6-8H. The monoisotopic (exact) mass is 212 g/mol. The van der Waals surface area contributed by atoms with Gasteiger partial charge in [0.2, 0.25) is 0 Å². The molecule has 4 heteroatoms. The molecule has 0 saturated heterocycles. The van der Waals surface area contributed by atoms with Gasteiger partial charge < -0.3 is 4.40 Å². The van der Waals surface area contributed by atoms with Gasteiger partial charge in [0.1, 0.15) is 17.7 Å². The predicted octanol–water partition coefficient (Wildman–Crippen LogP) is 2.34. The Balaban J connectivity index is 2.34. The van der Waals surface area contributed by atoms with E-state index < -0.39 is 0 Å². The molecule has 0 bridgehead atoms. The maximum atomic E-state index is 13.6. The molecule has 0 unspecified atom stereocenters. The van der Waals surface area contributed by atoms with E-state index in [9.17, 15) is 4.39 Å². The van der Waals surface area contributed by atoms with Crippen LogP contribution in [-0.2, 0) is 0 Å². The quantitative estimate of drug-likeness (QED) is 0.619. The van der Waals surface area contributed by atoms with Gasteiger partial charge in [-0.3, -0.25) is 4.98 Å². The summed E-state index contributed by atoms with van der Waals surface area (Å²) in [7, 11) is 0. The Morgan fingerprint density at radius 2 is 2.19 bits per heavy atom. The first-order valence-electron chi connectivity index (χ1n) is 4.80. The molecule has 0 amide bonds. The SMILES string of the molecule is Fc1ccncc1-c1cccn2c[c]nc12. The summed E-state index contributed by atoms with van der Waals surface area (Å²) in [6.45, 7) is 0. The van der Waals surface area contributed by atoms with E-state index in [1.807, 2.05) is 18.3 Å². The van der Waals surface area contributed by atoms with Gasteiger partial charge in [0.05, 0.1) is 0 Å². The summed E-state index contributed by atoms with van der Waals surface area (Å²) in [5, 5.41) is 0. The van der Waals surface area contributed by atoms with Crippen LogP contribution in [0, 0.1) is 12.0 Å². The lowest BCUT2D eigenvalue weighted by atomic mass is 10.1. The average molecular weight is 212 g/mol. The van der Waals surface area contributed by atoms with Crippen LogP contribution in [0.5, 0.6) is 0 Å². The molecule has 16 heavy (non-hydrogen) atoms. The number of pyridine rings is 2. The number of hydrogen-bond acceptors (Lipinski definition) is 2. The molecule has 0 fully saturated rings. The molecule has 77 valence electrons. The zero-order chi connectivity index (χ0) is 11.0. The van der Waals surface area contributed by atoms with E-state index in [4.69, 9.17) is 0 Å². The van der Waals surface area contributed by atoms with Gasteiger partial charge in [-0.15, -0.1) is 0 Å². The number of imidazole rings is 1. The van der Waals surface area contributed by atoms with Crippen molar-refractivity contribution in [2.24, 2.45) is 0 Å². The Hall–Kier alpha value is -2.23. The van der Waals surface area contributed by atoms with Crippen LogP contribution >= 0.6 is 0 Å². The highest BCUT2D eigenvalue weighted by Crippen LogP contribution is 2.24. The molecule has 0 aliphatic heterocycles. The summed E-state index contributed by atoms with van der Waals surface area (Å²) in [4.78, 5) is 8.01. The third-order valence-corrected chi connectivity index (χ3v) is 2.42. The summed E-state index contributed by atoms with van der Waals surface area (Å²) < 4.78 is 15.4. The molecule has 0 N–H and O–H groups in total. The summed E-state index contributed by atoms with van der Waals surface area (Å²) >= 11 is 0. The van der Waals surface area contributed by atoms with E-state index in [0.29, 0.717) is 16.8 Å². The molecule has 0 atom stereocenters. The number of aromatic nitrogens is 3. The van der Waals surface area contributed by atoms with Gasteiger partial charge in [0.15, 0.2) is 0 Å². The van der Waals surface area contributed by atoms with Crippen LogP contribution in [0.1, 0.15) is 0 Å². The highest BCUT2D eigenvalue weighted by atomic mass is 19.1. The lowest BCUT2D eigenvalue weighted by Crippen LogP contribution is -1.90. The van der Waals surface area contributed by atoms with E-state index in [1.165, 1.54) is 18.5 Å². The lowest BCUT2D eigenvalue weighted by molar-refractivity contribution is 0.629. The molecule has 3 aromatic heterocycles. The second-order valence-electron chi connectivity index (χ2n) is 3.38. The van der Waals surface area contributed by atoms with Crippen molar-refractivity contribution >= 4 is 5.65 Å². The zero-order valence-corrected chi connectivity index (χ0v) is 8.26. The molecular weight excluding hydrogens is 205 g/mol. The predicted molar refractivity (Wildman–Crippen MR) is 57.2 cm³/mol. The molecule has 0 spiro atoms. The van der Waals surface area contributed by atoms with Crippen molar-refractivity contribution in [1.82, 2.24) is 14.4 Å². The zero-order valence-electron chi connectivity index (χ0n) is 8.26. The number of hydrogen-bond donors (Lipinski definition) is 0. The maximum Gasteiger partial charge on any atom is 0.145 e. The minimum absolute atomic E-state index is 0.300. The summed E-state index contributed by atoms with van der Waals surface area (Å²) in [6.07, 6.45) is 9.21. The van der Waals surface area contributed by atoms with E-state index in [1.54, 1.807) is 10.6 Å². The van der Waals surface area contributed by atoms with E-state index in [2.05, 4.69) is 16.2 Å². The second-order valence-corrected chi connectivity index (χ2v) is 3.38. The van der Waals surface area contributed by atoms with Crippen molar-refractivity contribution in [3.05, 3.63) is 55.0 Å². The molecular formula is C12H7FN3. The number of halogens is 1. The van der Waals surface area contributed by atoms with Gasteiger partial charge >= 0.3 is 0 Å². The van der Waals surface area contributed by atoms with Crippen LogP contribution in [0.2, 0.25) is 0 Å². The highest BCUT2D eigenvalue weighted by Gasteiger charge is 2.09. The van der Waals surface area contributed by atoms with Gasteiger partial charge in [-0.1, -0.05) is 0 Å². The second kappa shape index (κ2) is 3.41. The van der Waals surface area contributed by atoms with Crippen molar-refractivity contribution in [1.29, 1.82) is 0 Å². The first-order chi connectivity index (χ1) is 7.86. The highest BCUT2D eigenvalue weighted by molar-refractivity contribution is 5.77. The van der Waals surface area contributed by atoms with Gasteiger partial charge in [0, 0.05) is 35.9 Å². The van der Waals surface area contributed by atoms with Crippen molar-refractivity contribution in [3.8, 4) is 11.1 Å². The van der Waals surface area contributed by atoms with Crippen LogP contribution in [0.4, 0.5) is 4.39 Å². The minimum atomic E-state index is -0.300. The van der Waals surface area contributed by atoms with Gasteiger partial charge in [-0.2, -0.15) is 0 Å².